The first-order chi connectivity index (χ1) is 11.8. The van der Waals surface area contributed by atoms with Crippen molar-refractivity contribution < 1.29 is 19.2 Å². The van der Waals surface area contributed by atoms with E-state index in [-0.39, 0.29) is 11.4 Å². The van der Waals surface area contributed by atoms with Gasteiger partial charge in [-0.3, -0.25) is 14.9 Å². The highest BCUT2D eigenvalue weighted by molar-refractivity contribution is 6.31. The predicted octanol–water partition coefficient (Wildman–Crippen LogP) is 3.97. The summed E-state index contributed by atoms with van der Waals surface area (Å²) in [6.45, 7) is 3.37. The first-order valence-electron chi connectivity index (χ1n) is 7.38. The minimum Gasteiger partial charge on any atom is -0.493 e. The van der Waals surface area contributed by atoms with Crippen LogP contribution in [0, 0.1) is 17.0 Å². The van der Waals surface area contributed by atoms with E-state index >= 15 is 0 Å². The van der Waals surface area contributed by atoms with E-state index in [1.54, 1.807) is 18.2 Å². The first-order valence-corrected chi connectivity index (χ1v) is 7.75. The Bertz CT molecular complexity index is 810. The van der Waals surface area contributed by atoms with Gasteiger partial charge < -0.3 is 14.8 Å². The van der Waals surface area contributed by atoms with Crippen LogP contribution in [0.5, 0.6) is 11.5 Å². The molecule has 0 radical (unpaired) electrons. The fourth-order valence-corrected chi connectivity index (χ4v) is 2.25. The van der Waals surface area contributed by atoms with Crippen molar-refractivity contribution in [3.8, 4) is 11.5 Å². The third-order valence-electron chi connectivity index (χ3n) is 3.49. The van der Waals surface area contributed by atoms with Crippen LogP contribution in [0.3, 0.4) is 0 Å². The van der Waals surface area contributed by atoms with Gasteiger partial charge in [-0.2, -0.15) is 0 Å². The lowest BCUT2D eigenvalue weighted by molar-refractivity contribution is -0.385. The molecule has 1 N–H and O–H groups in total. The number of non-ortho nitro benzene ring substituents is 1. The van der Waals surface area contributed by atoms with E-state index in [0.29, 0.717) is 16.5 Å². The second kappa shape index (κ2) is 7.85. The Kier molecular flexibility index (Phi) is 5.82. The SMILES string of the molecule is COc1ccc([N+](=O)[O-])cc1O[C@H](C)C(=O)Nc1cc(Cl)ccc1C. The number of nitrogens with one attached hydrogen (secondary N) is 1. The van der Waals surface area contributed by atoms with Crippen LogP contribution in [-0.2, 0) is 4.79 Å². The number of benzene rings is 2. The van der Waals surface area contributed by atoms with E-state index in [4.69, 9.17) is 21.1 Å². The number of aryl methyl sites for hydroxylation is 1. The van der Waals surface area contributed by atoms with Gasteiger partial charge in [-0.25, -0.2) is 0 Å². The molecule has 2 aromatic carbocycles. The third-order valence-corrected chi connectivity index (χ3v) is 3.72. The molecule has 2 aromatic rings. The molecule has 0 aromatic heterocycles. The molecule has 0 aliphatic heterocycles. The van der Waals surface area contributed by atoms with Gasteiger partial charge in [-0.15, -0.1) is 0 Å². The molecule has 1 amide bonds. The molecule has 0 aliphatic carbocycles. The highest BCUT2D eigenvalue weighted by Gasteiger charge is 2.20. The third kappa shape index (κ3) is 4.60. The monoisotopic (exact) mass is 364 g/mol. The molecule has 0 saturated heterocycles. The van der Waals surface area contributed by atoms with Crippen molar-refractivity contribution in [3.63, 3.8) is 0 Å². The summed E-state index contributed by atoms with van der Waals surface area (Å²) in [6.07, 6.45) is -0.908. The Morgan fingerprint density at radius 2 is 1.96 bits per heavy atom. The molecule has 25 heavy (non-hydrogen) atoms. The minimum atomic E-state index is -0.908. The van der Waals surface area contributed by atoms with Crippen molar-refractivity contribution in [2.45, 2.75) is 20.0 Å². The van der Waals surface area contributed by atoms with Gasteiger partial charge in [0.2, 0.25) is 0 Å². The number of hydrogen-bond donors (Lipinski definition) is 1. The molecule has 0 aliphatic rings. The van der Waals surface area contributed by atoms with Gasteiger partial charge >= 0.3 is 0 Å². The highest BCUT2D eigenvalue weighted by atomic mass is 35.5. The number of rotatable bonds is 6. The molecular formula is C17H17ClN2O5. The summed E-state index contributed by atoms with van der Waals surface area (Å²) in [6, 6.07) is 9.07. The Balaban J connectivity index is 2.17. The lowest BCUT2D eigenvalue weighted by Crippen LogP contribution is -2.30. The smallest absolute Gasteiger partial charge is 0.273 e. The summed E-state index contributed by atoms with van der Waals surface area (Å²) in [5.41, 5.74) is 1.26. The van der Waals surface area contributed by atoms with Crippen LogP contribution in [0.1, 0.15) is 12.5 Å². The number of hydrogen-bond acceptors (Lipinski definition) is 5. The molecule has 2 rings (SSSR count). The number of carbonyl (C=O) groups excluding carboxylic acids is 1. The number of nitrogens with zero attached hydrogens (tertiary/aromatic N) is 1. The fourth-order valence-electron chi connectivity index (χ4n) is 2.08. The van der Waals surface area contributed by atoms with Gasteiger partial charge in [0.05, 0.1) is 18.1 Å². The zero-order chi connectivity index (χ0) is 18.6. The average molecular weight is 365 g/mol. The molecule has 7 nitrogen and oxygen atoms in total. The van der Waals surface area contributed by atoms with Crippen LogP contribution >= 0.6 is 11.6 Å². The highest BCUT2D eigenvalue weighted by Crippen LogP contribution is 2.32. The zero-order valence-electron chi connectivity index (χ0n) is 13.9. The number of halogens is 1. The summed E-state index contributed by atoms with van der Waals surface area (Å²) in [5, 5.41) is 14.1. The molecule has 0 unspecified atom stereocenters. The van der Waals surface area contributed by atoms with E-state index < -0.39 is 16.9 Å². The maximum atomic E-state index is 12.3. The maximum Gasteiger partial charge on any atom is 0.273 e. The number of methoxy groups -OCH3 is 1. The van der Waals surface area contributed by atoms with Gasteiger partial charge in [0.25, 0.3) is 11.6 Å². The van der Waals surface area contributed by atoms with Crippen LogP contribution in [0.15, 0.2) is 36.4 Å². The Labute approximate surface area is 149 Å². The molecule has 0 heterocycles. The van der Waals surface area contributed by atoms with Gasteiger partial charge in [0.15, 0.2) is 17.6 Å². The number of amides is 1. The summed E-state index contributed by atoms with van der Waals surface area (Å²) < 4.78 is 10.7. The van der Waals surface area contributed by atoms with Crippen LogP contribution < -0.4 is 14.8 Å². The van der Waals surface area contributed by atoms with Gasteiger partial charge in [-0.05, 0) is 37.6 Å². The predicted molar refractivity (Wildman–Crippen MR) is 94.6 cm³/mol. The number of anilines is 1. The fraction of sp³-hybridized carbons (Fsp3) is 0.235. The standard InChI is InChI=1S/C17H17ClN2O5/c1-10-4-5-12(18)8-14(10)19-17(21)11(2)25-16-9-13(20(22)23)6-7-15(16)24-3/h4-9,11H,1-3H3,(H,19,21)/t11-/m1/s1. The molecule has 0 spiro atoms. The number of ether oxygens (including phenoxy) is 2. The van der Waals surface area contributed by atoms with Gasteiger partial charge in [-0.1, -0.05) is 17.7 Å². The minimum absolute atomic E-state index is 0.113. The van der Waals surface area contributed by atoms with Crippen molar-refractivity contribution >= 4 is 28.9 Å². The largest absolute Gasteiger partial charge is 0.493 e. The molecule has 132 valence electrons. The van der Waals surface area contributed by atoms with Crippen molar-refractivity contribution in [1.82, 2.24) is 0 Å². The van der Waals surface area contributed by atoms with E-state index in [1.165, 1.54) is 32.2 Å². The molecule has 0 bridgehead atoms. The quantitative estimate of drug-likeness (QED) is 0.618. The van der Waals surface area contributed by atoms with E-state index in [2.05, 4.69) is 5.32 Å². The Morgan fingerprint density at radius 3 is 2.60 bits per heavy atom. The molecule has 8 heteroatoms. The van der Waals surface area contributed by atoms with Gasteiger partial charge in [0.1, 0.15) is 0 Å². The van der Waals surface area contributed by atoms with Gasteiger partial charge in [0, 0.05) is 16.8 Å². The Morgan fingerprint density at radius 1 is 1.24 bits per heavy atom. The van der Waals surface area contributed by atoms with Crippen molar-refractivity contribution in [2.75, 3.05) is 12.4 Å². The van der Waals surface area contributed by atoms with E-state index in [1.807, 2.05) is 6.92 Å². The number of nitro groups is 1. The van der Waals surface area contributed by atoms with E-state index in [9.17, 15) is 14.9 Å². The topological polar surface area (TPSA) is 90.7 Å². The van der Waals surface area contributed by atoms with Crippen molar-refractivity contribution in [3.05, 3.63) is 57.1 Å². The molecule has 1 atom stereocenters. The second-order valence-electron chi connectivity index (χ2n) is 5.30. The number of nitro benzene ring substituents is 1. The number of carbonyl (C=O) groups is 1. The normalized spacial score (nSPS) is 11.5. The van der Waals surface area contributed by atoms with Crippen LogP contribution in [0.25, 0.3) is 0 Å². The average Bonchev–Trinajstić information content (AvgIpc) is 2.57. The first kappa shape index (κ1) is 18.5. The second-order valence-corrected chi connectivity index (χ2v) is 5.74. The molecule has 0 saturated carbocycles. The molecular weight excluding hydrogens is 348 g/mol. The van der Waals surface area contributed by atoms with Crippen LogP contribution in [0.4, 0.5) is 11.4 Å². The maximum absolute atomic E-state index is 12.3. The lowest BCUT2D eigenvalue weighted by atomic mass is 10.2. The summed E-state index contributed by atoms with van der Waals surface area (Å²) >= 11 is 5.93. The summed E-state index contributed by atoms with van der Waals surface area (Å²) in [4.78, 5) is 22.7. The summed E-state index contributed by atoms with van der Waals surface area (Å²) in [7, 11) is 1.41. The molecule has 0 fully saturated rings. The van der Waals surface area contributed by atoms with Crippen molar-refractivity contribution in [1.29, 1.82) is 0 Å². The summed E-state index contributed by atoms with van der Waals surface area (Å²) in [5.74, 6) is -0.00900. The van der Waals surface area contributed by atoms with Crippen LogP contribution in [0.2, 0.25) is 5.02 Å². The van der Waals surface area contributed by atoms with Crippen molar-refractivity contribution in [2.24, 2.45) is 0 Å². The Hall–Kier alpha value is -2.80. The zero-order valence-corrected chi connectivity index (χ0v) is 14.7. The lowest BCUT2D eigenvalue weighted by Gasteiger charge is -2.17. The van der Waals surface area contributed by atoms with Crippen LogP contribution in [-0.4, -0.2) is 24.0 Å². The van der Waals surface area contributed by atoms with E-state index in [0.717, 1.165) is 5.56 Å².